The molecule has 1 unspecified atom stereocenters. The van der Waals surface area contributed by atoms with Gasteiger partial charge in [-0.15, -0.1) is 0 Å². The SMILES string of the molecule is N#Cc1cc(F)c(CNCC2CCCS2(=O)=O)c(F)c1. The third kappa shape index (κ3) is 3.14. The third-order valence-electron chi connectivity index (χ3n) is 3.41. The van der Waals surface area contributed by atoms with Gasteiger partial charge in [-0.1, -0.05) is 0 Å². The molecule has 1 fully saturated rings. The van der Waals surface area contributed by atoms with E-state index in [0.29, 0.717) is 12.8 Å². The molecule has 4 nitrogen and oxygen atoms in total. The van der Waals surface area contributed by atoms with Gasteiger partial charge in [0, 0.05) is 18.7 Å². The molecule has 0 spiro atoms. The second-order valence-electron chi connectivity index (χ2n) is 4.79. The van der Waals surface area contributed by atoms with Crippen LogP contribution in [0.5, 0.6) is 0 Å². The first-order valence-corrected chi connectivity index (χ1v) is 7.96. The Bertz CT molecular complexity index is 630. The average Bonchev–Trinajstić information content (AvgIpc) is 2.71. The minimum atomic E-state index is -3.07. The fourth-order valence-electron chi connectivity index (χ4n) is 2.28. The number of nitrogens with one attached hydrogen (secondary N) is 1. The van der Waals surface area contributed by atoms with Crippen LogP contribution in [0.25, 0.3) is 0 Å². The van der Waals surface area contributed by atoms with E-state index in [0.717, 1.165) is 12.1 Å². The van der Waals surface area contributed by atoms with E-state index in [-0.39, 0.29) is 30.0 Å². The molecule has 108 valence electrons. The first-order valence-electron chi connectivity index (χ1n) is 6.24. The van der Waals surface area contributed by atoms with Crippen molar-refractivity contribution in [3.63, 3.8) is 0 Å². The molecule has 2 rings (SSSR count). The smallest absolute Gasteiger partial charge is 0.154 e. The molecule has 1 atom stereocenters. The fraction of sp³-hybridized carbons (Fsp3) is 0.462. The zero-order chi connectivity index (χ0) is 14.8. The summed E-state index contributed by atoms with van der Waals surface area (Å²) in [7, 11) is -3.07. The van der Waals surface area contributed by atoms with E-state index in [1.165, 1.54) is 0 Å². The van der Waals surface area contributed by atoms with Crippen LogP contribution in [0.1, 0.15) is 24.0 Å². The highest BCUT2D eigenvalue weighted by Crippen LogP contribution is 2.20. The van der Waals surface area contributed by atoms with Crippen molar-refractivity contribution >= 4 is 9.84 Å². The van der Waals surface area contributed by atoms with Crippen molar-refractivity contribution in [2.45, 2.75) is 24.6 Å². The van der Waals surface area contributed by atoms with Gasteiger partial charge in [0.2, 0.25) is 0 Å². The normalized spacial score (nSPS) is 20.8. The van der Waals surface area contributed by atoms with Gasteiger partial charge in [0.25, 0.3) is 0 Å². The highest BCUT2D eigenvalue weighted by atomic mass is 32.2. The number of nitrogens with zero attached hydrogens (tertiary/aromatic N) is 1. The van der Waals surface area contributed by atoms with Gasteiger partial charge in [0.15, 0.2) is 9.84 Å². The lowest BCUT2D eigenvalue weighted by atomic mass is 10.1. The molecule has 1 aromatic carbocycles. The Morgan fingerprint density at radius 2 is 2.00 bits per heavy atom. The van der Waals surface area contributed by atoms with Gasteiger partial charge < -0.3 is 5.32 Å². The second kappa shape index (κ2) is 5.85. The van der Waals surface area contributed by atoms with Crippen LogP contribution in [0.15, 0.2) is 12.1 Å². The maximum atomic E-state index is 13.6. The Morgan fingerprint density at radius 1 is 1.35 bits per heavy atom. The number of nitriles is 1. The molecular formula is C13H14F2N2O2S. The molecule has 7 heteroatoms. The van der Waals surface area contributed by atoms with Gasteiger partial charge in [-0.3, -0.25) is 0 Å². The predicted molar refractivity (Wildman–Crippen MR) is 69.6 cm³/mol. The van der Waals surface area contributed by atoms with Crippen LogP contribution in [0, 0.1) is 23.0 Å². The number of hydrogen-bond acceptors (Lipinski definition) is 4. The maximum absolute atomic E-state index is 13.6. The van der Waals surface area contributed by atoms with Gasteiger partial charge >= 0.3 is 0 Å². The van der Waals surface area contributed by atoms with Crippen LogP contribution < -0.4 is 5.32 Å². The van der Waals surface area contributed by atoms with Crippen molar-refractivity contribution in [3.05, 3.63) is 34.9 Å². The number of rotatable bonds is 4. The molecule has 1 aliphatic rings. The van der Waals surface area contributed by atoms with Gasteiger partial charge in [0.1, 0.15) is 11.6 Å². The summed E-state index contributed by atoms with van der Waals surface area (Å²) in [5.74, 6) is -1.43. The van der Waals surface area contributed by atoms with E-state index < -0.39 is 26.7 Å². The predicted octanol–water partition coefficient (Wildman–Crippen LogP) is 1.50. The Labute approximate surface area is 116 Å². The lowest BCUT2D eigenvalue weighted by Crippen LogP contribution is -2.30. The van der Waals surface area contributed by atoms with Gasteiger partial charge in [-0.25, -0.2) is 17.2 Å². The standard InChI is InChI=1S/C13H14F2N2O2S/c14-12-4-9(6-16)5-13(15)11(12)8-17-7-10-2-1-3-20(10,18)19/h4-5,10,17H,1-3,7-8H2. The summed E-state index contributed by atoms with van der Waals surface area (Å²) in [4.78, 5) is 0. The molecule has 1 saturated heterocycles. The highest BCUT2D eigenvalue weighted by molar-refractivity contribution is 7.92. The Balaban J connectivity index is 2.00. The van der Waals surface area contributed by atoms with Crippen LogP contribution in [0.3, 0.4) is 0 Å². The molecule has 0 bridgehead atoms. The Hall–Kier alpha value is -1.52. The highest BCUT2D eigenvalue weighted by Gasteiger charge is 2.30. The van der Waals surface area contributed by atoms with Gasteiger partial charge in [-0.2, -0.15) is 5.26 Å². The summed E-state index contributed by atoms with van der Waals surface area (Å²) in [5.41, 5.74) is -0.262. The van der Waals surface area contributed by atoms with Gasteiger partial charge in [0.05, 0.1) is 22.6 Å². The van der Waals surface area contributed by atoms with Crippen LogP contribution in [0.2, 0.25) is 0 Å². The first-order chi connectivity index (χ1) is 9.44. The number of benzene rings is 1. The van der Waals surface area contributed by atoms with E-state index >= 15 is 0 Å². The summed E-state index contributed by atoms with van der Waals surface area (Å²) in [6.45, 7) is 0.0800. The molecule has 20 heavy (non-hydrogen) atoms. The molecule has 0 amide bonds. The maximum Gasteiger partial charge on any atom is 0.154 e. The van der Waals surface area contributed by atoms with Crippen LogP contribution in [-0.2, 0) is 16.4 Å². The molecule has 1 aromatic rings. The van der Waals surface area contributed by atoms with Crippen molar-refractivity contribution in [3.8, 4) is 6.07 Å². The summed E-state index contributed by atoms with van der Waals surface area (Å²) in [5, 5.41) is 10.9. The van der Waals surface area contributed by atoms with Crippen molar-refractivity contribution in [1.29, 1.82) is 5.26 Å². The van der Waals surface area contributed by atoms with Crippen LogP contribution in [-0.4, -0.2) is 26.0 Å². The molecule has 0 aliphatic carbocycles. The second-order valence-corrected chi connectivity index (χ2v) is 7.19. The minimum Gasteiger partial charge on any atom is -0.311 e. The van der Waals surface area contributed by atoms with Crippen molar-refractivity contribution in [2.24, 2.45) is 0 Å². The molecule has 0 radical (unpaired) electrons. The zero-order valence-corrected chi connectivity index (χ0v) is 11.5. The summed E-state index contributed by atoms with van der Waals surface area (Å²) in [6, 6.07) is 3.60. The van der Waals surface area contributed by atoms with E-state index in [1.54, 1.807) is 6.07 Å². The third-order valence-corrected chi connectivity index (χ3v) is 5.68. The molecule has 1 aliphatic heterocycles. The quantitative estimate of drug-likeness (QED) is 0.915. The van der Waals surface area contributed by atoms with E-state index in [4.69, 9.17) is 5.26 Å². The molecule has 1 heterocycles. The summed E-state index contributed by atoms with van der Waals surface area (Å²) in [6.07, 6.45) is 1.21. The summed E-state index contributed by atoms with van der Waals surface area (Å²) < 4.78 is 50.4. The van der Waals surface area contributed by atoms with Gasteiger partial charge in [-0.05, 0) is 25.0 Å². The van der Waals surface area contributed by atoms with E-state index in [2.05, 4.69) is 5.32 Å². The van der Waals surface area contributed by atoms with E-state index in [9.17, 15) is 17.2 Å². The molecular weight excluding hydrogens is 286 g/mol. The van der Waals surface area contributed by atoms with E-state index in [1.807, 2.05) is 0 Å². The topological polar surface area (TPSA) is 70.0 Å². The lowest BCUT2D eigenvalue weighted by molar-refractivity contribution is 0.528. The minimum absolute atomic E-state index is 0.0814. The van der Waals surface area contributed by atoms with Crippen LogP contribution >= 0.6 is 0 Å². The summed E-state index contributed by atoms with van der Waals surface area (Å²) >= 11 is 0. The molecule has 0 aromatic heterocycles. The number of hydrogen-bond donors (Lipinski definition) is 1. The number of halogens is 2. The van der Waals surface area contributed by atoms with Crippen molar-refractivity contribution < 1.29 is 17.2 Å². The lowest BCUT2D eigenvalue weighted by Gasteiger charge is -2.11. The first kappa shape index (κ1) is 14.9. The van der Waals surface area contributed by atoms with Crippen LogP contribution in [0.4, 0.5) is 8.78 Å². The Kier molecular flexibility index (Phi) is 4.35. The largest absolute Gasteiger partial charge is 0.311 e. The van der Waals surface area contributed by atoms with Crippen molar-refractivity contribution in [1.82, 2.24) is 5.32 Å². The monoisotopic (exact) mass is 300 g/mol. The average molecular weight is 300 g/mol. The fourth-order valence-corrected chi connectivity index (χ4v) is 4.08. The Morgan fingerprint density at radius 3 is 2.50 bits per heavy atom. The molecule has 0 saturated carbocycles. The number of sulfone groups is 1. The van der Waals surface area contributed by atoms with Crippen molar-refractivity contribution in [2.75, 3.05) is 12.3 Å². The zero-order valence-electron chi connectivity index (χ0n) is 10.7. The molecule has 1 N–H and O–H groups in total.